The maximum absolute atomic E-state index is 13.2. The van der Waals surface area contributed by atoms with E-state index in [1.54, 1.807) is 0 Å². The van der Waals surface area contributed by atoms with Crippen LogP contribution in [0, 0.1) is 17.8 Å². The first-order valence-corrected chi connectivity index (χ1v) is 21.0. The zero-order valence-corrected chi connectivity index (χ0v) is 32.8. The van der Waals surface area contributed by atoms with Crippen LogP contribution in [-0.4, -0.2) is 34.2 Å². The number of aliphatic hydroxyl groups excluding tert-OH is 1. The van der Waals surface area contributed by atoms with Crippen LogP contribution in [0.2, 0.25) is 0 Å². The molecule has 5 aromatic rings. The molecular formula is C50H55N3O4. The lowest BCUT2D eigenvalue weighted by Crippen LogP contribution is -2.61. The van der Waals surface area contributed by atoms with E-state index in [4.69, 9.17) is 9.47 Å². The van der Waals surface area contributed by atoms with E-state index in [0.717, 1.165) is 90.0 Å². The zero-order chi connectivity index (χ0) is 38.6. The Kier molecular flexibility index (Phi) is 11.2. The quantitative estimate of drug-likeness (QED) is 0.111. The lowest BCUT2D eigenvalue weighted by Gasteiger charge is -2.56. The minimum absolute atomic E-state index is 0.00660. The second kappa shape index (κ2) is 17.0. The molecule has 3 atom stereocenters. The van der Waals surface area contributed by atoms with Gasteiger partial charge in [-0.1, -0.05) is 121 Å². The third kappa shape index (κ3) is 9.18. The van der Waals surface area contributed by atoms with Gasteiger partial charge in [-0.05, 0) is 107 Å². The van der Waals surface area contributed by atoms with E-state index in [0.29, 0.717) is 13.0 Å². The molecule has 5 aromatic carbocycles. The minimum atomic E-state index is -0.570. The van der Waals surface area contributed by atoms with E-state index in [1.807, 2.05) is 12.1 Å². The van der Waals surface area contributed by atoms with Gasteiger partial charge in [0.25, 0.3) is 0 Å². The second-order valence-corrected chi connectivity index (χ2v) is 17.3. The standard InChI is InChI=1S/C50H55N3O4/c54-34-37-17-19-42(20-18-37)47-26-46(33-53(31-35-9-3-1-4-10-35)32-36-11-5-2-6-12-36)56-48(57-47)45-16-8-15-44(25-45)43-14-7-13-38(24-43)30-51-49(55)52-50-27-39-21-40(28-50)23-41(22-39)29-50/h1-20,24-25,39-41,46-48,54H,21-23,26-34H2,(H2,51,52,55). The predicted molar refractivity (Wildman–Crippen MR) is 224 cm³/mol. The van der Waals surface area contributed by atoms with E-state index < -0.39 is 6.29 Å². The number of carbonyl (C=O) groups excluding carboxylic acids is 1. The summed E-state index contributed by atoms with van der Waals surface area (Å²) in [7, 11) is 0. The van der Waals surface area contributed by atoms with Crippen LogP contribution in [0.1, 0.15) is 90.7 Å². The molecule has 57 heavy (non-hydrogen) atoms. The molecular weight excluding hydrogens is 707 g/mol. The van der Waals surface area contributed by atoms with Crippen molar-refractivity contribution in [1.82, 2.24) is 15.5 Å². The lowest BCUT2D eigenvalue weighted by atomic mass is 9.53. The van der Waals surface area contributed by atoms with Crippen molar-refractivity contribution in [2.24, 2.45) is 17.8 Å². The number of amides is 2. The number of hydrogen-bond donors (Lipinski definition) is 3. The topological polar surface area (TPSA) is 83.1 Å². The molecule has 0 spiro atoms. The maximum Gasteiger partial charge on any atom is 0.315 e. The Balaban J connectivity index is 0.915. The first kappa shape index (κ1) is 37.8. The summed E-state index contributed by atoms with van der Waals surface area (Å²) in [5.74, 6) is 2.37. The van der Waals surface area contributed by atoms with Gasteiger partial charge >= 0.3 is 6.03 Å². The van der Waals surface area contributed by atoms with E-state index in [-0.39, 0.29) is 30.4 Å². The number of nitrogens with one attached hydrogen (secondary N) is 2. The fourth-order valence-electron chi connectivity index (χ4n) is 10.6. The Morgan fingerprint density at radius 1 is 0.632 bits per heavy atom. The van der Waals surface area contributed by atoms with Crippen molar-refractivity contribution in [2.45, 2.75) is 95.2 Å². The summed E-state index contributed by atoms with van der Waals surface area (Å²) in [4.78, 5) is 15.7. The fraction of sp³-hybridized carbons (Fsp3) is 0.380. The van der Waals surface area contributed by atoms with Crippen molar-refractivity contribution in [3.05, 3.63) is 167 Å². The number of ether oxygens (including phenoxy) is 2. The van der Waals surface area contributed by atoms with Crippen LogP contribution in [-0.2, 0) is 35.7 Å². The number of nitrogens with zero attached hydrogens (tertiary/aromatic N) is 1. The van der Waals surface area contributed by atoms with Crippen LogP contribution in [0.4, 0.5) is 4.79 Å². The Labute approximate surface area is 337 Å². The molecule has 5 fully saturated rings. The Bertz CT molecular complexity index is 2030. The number of urea groups is 1. The van der Waals surface area contributed by atoms with E-state index in [9.17, 15) is 9.90 Å². The summed E-state index contributed by atoms with van der Waals surface area (Å²) in [6.45, 7) is 2.83. The molecule has 0 aromatic heterocycles. The van der Waals surface area contributed by atoms with Crippen LogP contribution >= 0.6 is 0 Å². The van der Waals surface area contributed by atoms with Crippen molar-refractivity contribution >= 4 is 6.03 Å². The normalized spacial score (nSPS) is 26.4. The first-order valence-electron chi connectivity index (χ1n) is 21.0. The smallest absolute Gasteiger partial charge is 0.315 e. The van der Waals surface area contributed by atoms with Gasteiger partial charge in [-0.3, -0.25) is 4.90 Å². The van der Waals surface area contributed by atoms with Crippen molar-refractivity contribution < 1.29 is 19.4 Å². The van der Waals surface area contributed by atoms with Crippen LogP contribution in [0.15, 0.2) is 133 Å². The average molecular weight is 762 g/mol. The van der Waals surface area contributed by atoms with Crippen molar-refractivity contribution in [3.63, 3.8) is 0 Å². The largest absolute Gasteiger partial charge is 0.392 e. The van der Waals surface area contributed by atoms with Crippen LogP contribution in [0.3, 0.4) is 0 Å². The minimum Gasteiger partial charge on any atom is -0.392 e. The van der Waals surface area contributed by atoms with Gasteiger partial charge in [-0.15, -0.1) is 0 Å². The third-order valence-corrected chi connectivity index (χ3v) is 12.9. The number of carbonyl (C=O) groups is 1. The van der Waals surface area contributed by atoms with Crippen LogP contribution in [0.25, 0.3) is 11.1 Å². The van der Waals surface area contributed by atoms with Gasteiger partial charge in [-0.2, -0.15) is 0 Å². The zero-order valence-electron chi connectivity index (χ0n) is 32.8. The summed E-state index contributed by atoms with van der Waals surface area (Å²) in [5, 5.41) is 16.4. The molecule has 294 valence electrons. The molecule has 0 radical (unpaired) electrons. The monoisotopic (exact) mass is 761 g/mol. The van der Waals surface area contributed by atoms with Gasteiger partial charge in [-0.25, -0.2) is 4.79 Å². The van der Waals surface area contributed by atoms with Crippen molar-refractivity contribution in [1.29, 1.82) is 0 Å². The van der Waals surface area contributed by atoms with Gasteiger partial charge in [0.15, 0.2) is 6.29 Å². The van der Waals surface area contributed by atoms with Gasteiger partial charge in [0.05, 0.1) is 18.8 Å². The van der Waals surface area contributed by atoms with Crippen LogP contribution in [0.5, 0.6) is 0 Å². The van der Waals surface area contributed by atoms with Gasteiger partial charge in [0.1, 0.15) is 0 Å². The molecule has 1 heterocycles. The highest BCUT2D eigenvalue weighted by atomic mass is 16.7. The highest BCUT2D eigenvalue weighted by Gasteiger charge is 2.51. The molecule has 7 heteroatoms. The Morgan fingerprint density at radius 3 is 1.86 bits per heavy atom. The van der Waals surface area contributed by atoms with E-state index >= 15 is 0 Å². The second-order valence-electron chi connectivity index (χ2n) is 17.3. The highest BCUT2D eigenvalue weighted by molar-refractivity contribution is 5.75. The van der Waals surface area contributed by atoms with Crippen molar-refractivity contribution in [3.8, 4) is 11.1 Å². The molecule has 4 saturated carbocycles. The number of rotatable bonds is 13. The van der Waals surface area contributed by atoms with Crippen molar-refractivity contribution in [2.75, 3.05) is 6.54 Å². The highest BCUT2D eigenvalue weighted by Crippen LogP contribution is 2.55. The summed E-state index contributed by atoms with van der Waals surface area (Å²) in [5.41, 5.74) is 8.66. The predicted octanol–water partition coefficient (Wildman–Crippen LogP) is 9.86. The molecule has 1 saturated heterocycles. The lowest BCUT2D eigenvalue weighted by molar-refractivity contribution is -0.253. The van der Waals surface area contributed by atoms with E-state index in [2.05, 4.69) is 137 Å². The third-order valence-electron chi connectivity index (χ3n) is 12.9. The molecule has 4 aliphatic carbocycles. The summed E-state index contributed by atoms with van der Waals surface area (Å²) in [6, 6.07) is 46.2. The molecule has 2 amide bonds. The van der Waals surface area contributed by atoms with Crippen LogP contribution < -0.4 is 10.6 Å². The van der Waals surface area contributed by atoms with E-state index in [1.165, 1.54) is 30.4 Å². The molecule has 4 bridgehead atoms. The Morgan fingerprint density at radius 2 is 1.23 bits per heavy atom. The molecule has 3 unspecified atom stereocenters. The average Bonchev–Trinajstić information content (AvgIpc) is 3.23. The molecule has 3 N–H and O–H groups in total. The Hall–Kier alpha value is -4.79. The SMILES string of the molecule is O=C(NCc1cccc(-c2cccc(C3OC(CN(Cc4ccccc4)Cc4ccccc4)CC(c4ccc(CO)cc4)O3)c2)c1)NC12CC3CC(CC(C3)C1)C2. The number of aliphatic hydroxyl groups is 1. The molecule has 1 aliphatic heterocycles. The molecule has 7 nitrogen and oxygen atoms in total. The molecule has 5 aliphatic rings. The molecule has 10 rings (SSSR count). The fourth-order valence-corrected chi connectivity index (χ4v) is 10.6. The maximum atomic E-state index is 13.2. The van der Waals surface area contributed by atoms with Gasteiger partial charge in [0, 0.05) is 43.7 Å². The summed E-state index contributed by atoms with van der Waals surface area (Å²) >= 11 is 0. The van der Waals surface area contributed by atoms with Gasteiger partial charge in [0.2, 0.25) is 0 Å². The number of benzene rings is 5. The summed E-state index contributed by atoms with van der Waals surface area (Å²) in [6.07, 6.45) is 7.37. The summed E-state index contributed by atoms with van der Waals surface area (Å²) < 4.78 is 13.7. The first-order chi connectivity index (χ1) is 27.9. The number of hydrogen-bond acceptors (Lipinski definition) is 5. The van der Waals surface area contributed by atoms with Gasteiger partial charge < -0.3 is 25.2 Å².